The number of benzene rings is 2. The fourth-order valence-corrected chi connectivity index (χ4v) is 3.32. The number of ether oxygens (including phenoxy) is 1. The number of hydrogen-bond donors (Lipinski definition) is 1. The van der Waals surface area contributed by atoms with Crippen molar-refractivity contribution in [2.75, 3.05) is 38.0 Å². The predicted molar refractivity (Wildman–Crippen MR) is 116 cm³/mol. The second-order valence-corrected chi connectivity index (χ2v) is 7.15. The highest BCUT2D eigenvalue weighted by Crippen LogP contribution is 2.22. The zero-order valence-electron chi connectivity index (χ0n) is 17.0. The van der Waals surface area contributed by atoms with E-state index in [0.717, 1.165) is 5.75 Å². The lowest BCUT2D eigenvalue weighted by Gasteiger charge is -2.34. The predicted octanol–water partition coefficient (Wildman–Crippen LogP) is 2.67. The molecule has 1 saturated heterocycles. The summed E-state index contributed by atoms with van der Waals surface area (Å²) in [6.07, 6.45) is 4.52. The molecular formula is C23H23N5O3. The Labute approximate surface area is 180 Å². The van der Waals surface area contributed by atoms with Gasteiger partial charge in [0.2, 0.25) is 5.91 Å². The Bertz CT molecular complexity index is 1000. The van der Waals surface area contributed by atoms with Gasteiger partial charge in [0.25, 0.3) is 5.91 Å². The molecule has 0 saturated carbocycles. The van der Waals surface area contributed by atoms with E-state index < -0.39 is 0 Å². The van der Waals surface area contributed by atoms with Crippen molar-refractivity contribution in [2.24, 2.45) is 0 Å². The van der Waals surface area contributed by atoms with Crippen molar-refractivity contribution in [3.05, 3.63) is 78.9 Å². The zero-order valence-corrected chi connectivity index (χ0v) is 17.0. The van der Waals surface area contributed by atoms with Gasteiger partial charge in [-0.3, -0.25) is 19.5 Å². The molecule has 158 valence electrons. The lowest BCUT2D eigenvalue weighted by atomic mass is 10.2. The molecule has 8 heteroatoms. The molecule has 0 spiro atoms. The Hall–Kier alpha value is -3.78. The van der Waals surface area contributed by atoms with E-state index in [-0.39, 0.29) is 18.4 Å². The first-order chi connectivity index (χ1) is 15.2. The maximum absolute atomic E-state index is 12.4. The van der Waals surface area contributed by atoms with Gasteiger partial charge in [-0.1, -0.05) is 18.2 Å². The molecule has 4 rings (SSSR count). The minimum atomic E-state index is -0.130. The van der Waals surface area contributed by atoms with Crippen LogP contribution < -0.4 is 10.1 Å². The third-order valence-electron chi connectivity index (χ3n) is 4.93. The number of para-hydroxylation sites is 1. The standard InChI is InChI=1S/C23H23N5O3/c29-22(26-18-6-8-20(9-7-18)31-19-4-2-1-3-5-19)17-27-12-14-28(15-13-27)23(30)21-16-24-10-11-25-21/h1-11,16H,12-15,17H2,(H,26,29). The van der Waals surface area contributed by atoms with Crippen LogP contribution in [0.2, 0.25) is 0 Å². The topological polar surface area (TPSA) is 87.7 Å². The highest BCUT2D eigenvalue weighted by Gasteiger charge is 2.24. The molecule has 0 atom stereocenters. The van der Waals surface area contributed by atoms with Crippen molar-refractivity contribution in [1.82, 2.24) is 19.8 Å². The fraction of sp³-hybridized carbons (Fsp3) is 0.217. The first-order valence-electron chi connectivity index (χ1n) is 10.1. The van der Waals surface area contributed by atoms with Gasteiger partial charge in [-0.25, -0.2) is 4.98 Å². The molecule has 0 aliphatic carbocycles. The van der Waals surface area contributed by atoms with E-state index in [4.69, 9.17) is 4.74 Å². The fourth-order valence-electron chi connectivity index (χ4n) is 3.32. The van der Waals surface area contributed by atoms with Crippen LogP contribution in [0.4, 0.5) is 5.69 Å². The van der Waals surface area contributed by atoms with Crippen LogP contribution in [-0.4, -0.2) is 64.3 Å². The maximum atomic E-state index is 12.4. The number of carbonyl (C=O) groups excluding carboxylic acids is 2. The van der Waals surface area contributed by atoms with Crippen molar-refractivity contribution in [3.63, 3.8) is 0 Å². The maximum Gasteiger partial charge on any atom is 0.274 e. The van der Waals surface area contributed by atoms with E-state index in [1.807, 2.05) is 59.5 Å². The van der Waals surface area contributed by atoms with Crippen molar-refractivity contribution in [1.29, 1.82) is 0 Å². The van der Waals surface area contributed by atoms with Gasteiger partial charge in [-0.15, -0.1) is 0 Å². The van der Waals surface area contributed by atoms with Crippen LogP contribution in [0.5, 0.6) is 11.5 Å². The molecule has 1 aliphatic heterocycles. The summed E-state index contributed by atoms with van der Waals surface area (Å²) in [4.78, 5) is 36.6. The van der Waals surface area contributed by atoms with Crippen LogP contribution in [0.25, 0.3) is 0 Å². The summed E-state index contributed by atoms with van der Waals surface area (Å²) in [5.74, 6) is 1.24. The summed E-state index contributed by atoms with van der Waals surface area (Å²) in [5.41, 5.74) is 1.05. The van der Waals surface area contributed by atoms with E-state index in [1.165, 1.54) is 18.6 Å². The van der Waals surface area contributed by atoms with Crippen LogP contribution in [-0.2, 0) is 4.79 Å². The number of aromatic nitrogens is 2. The van der Waals surface area contributed by atoms with E-state index in [0.29, 0.717) is 43.3 Å². The van der Waals surface area contributed by atoms with Gasteiger partial charge in [0.15, 0.2) is 0 Å². The number of piperazine rings is 1. The third-order valence-corrected chi connectivity index (χ3v) is 4.93. The van der Waals surface area contributed by atoms with Crippen LogP contribution in [0.3, 0.4) is 0 Å². The molecule has 2 amide bonds. The number of nitrogens with one attached hydrogen (secondary N) is 1. The van der Waals surface area contributed by atoms with Gasteiger partial charge < -0.3 is 15.0 Å². The van der Waals surface area contributed by atoms with E-state index in [1.54, 1.807) is 4.90 Å². The summed E-state index contributed by atoms with van der Waals surface area (Å²) in [6, 6.07) is 16.8. The SMILES string of the molecule is O=C(CN1CCN(C(=O)c2cnccn2)CC1)Nc1ccc(Oc2ccccc2)cc1. The molecule has 1 aromatic heterocycles. The second kappa shape index (κ2) is 9.82. The van der Waals surface area contributed by atoms with E-state index in [9.17, 15) is 9.59 Å². The molecule has 0 radical (unpaired) electrons. The highest BCUT2D eigenvalue weighted by atomic mass is 16.5. The lowest BCUT2D eigenvalue weighted by Crippen LogP contribution is -2.50. The molecule has 1 aliphatic rings. The lowest BCUT2D eigenvalue weighted by molar-refractivity contribution is -0.117. The Morgan fingerprint density at radius 1 is 0.903 bits per heavy atom. The molecule has 0 unspecified atom stereocenters. The molecule has 0 bridgehead atoms. The molecule has 31 heavy (non-hydrogen) atoms. The second-order valence-electron chi connectivity index (χ2n) is 7.15. The summed E-state index contributed by atoms with van der Waals surface area (Å²) < 4.78 is 5.76. The van der Waals surface area contributed by atoms with Crippen molar-refractivity contribution < 1.29 is 14.3 Å². The Kier molecular flexibility index (Phi) is 6.49. The number of amides is 2. The largest absolute Gasteiger partial charge is 0.457 e. The molecule has 2 aromatic carbocycles. The molecule has 8 nitrogen and oxygen atoms in total. The first-order valence-corrected chi connectivity index (χ1v) is 10.1. The third kappa shape index (κ3) is 5.64. The summed E-state index contributed by atoms with van der Waals surface area (Å²) in [5, 5.41) is 2.91. The molecule has 1 N–H and O–H groups in total. The molecule has 3 aromatic rings. The molecular weight excluding hydrogens is 394 g/mol. The Morgan fingerprint density at radius 2 is 1.61 bits per heavy atom. The normalized spacial score (nSPS) is 14.1. The van der Waals surface area contributed by atoms with Gasteiger partial charge in [0, 0.05) is 44.3 Å². The van der Waals surface area contributed by atoms with Crippen molar-refractivity contribution in [3.8, 4) is 11.5 Å². The van der Waals surface area contributed by atoms with Gasteiger partial charge in [-0.2, -0.15) is 0 Å². The van der Waals surface area contributed by atoms with Crippen molar-refractivity contribution in [2.45, 2.75) is 0 Å². The number of nitrogens with zero attached hydrogens (tertiary/aromatic N) is 4. The number of rotatable bonds is 6. The average molecular weight is 417 g/mol. The van der Waals surface area contributed by atoms with Crippen LogP contribution in [0, 0.1) is 0 Å². The van der Waals surface area contributed by atoms with Crippen molar-refractivity contribution >= 4 is 17.5 Å². The van der Waals surface area contributed by atoms with E-state index in [2.05, 4.69) is 15.3 Å². The molecule has 1 fully saturated rings. The minimum absolute atomic E-state index is 0.0922. The average Bonchev–Trinajstić information content (AvgIpc) is 2.82. The molecule has 2 heterocycles. The van der Waals surface area contributed by atoms with Gasteiger partial charge in [0.1, 0.15) is 17.2 Å². The quantitative estimate of drug-likeness (QED) is 0.664. The van der Waals surface area contributed by atoms with Crippen LogP contribution >= 0.6 is 0 Å². The summed E-state index contributed by atoms with van der Waals surface area (Å²) >= 11 is 0. The van der Waals surface area contributed by atoms with Crippen LogP contribution in [0.1, 0.15) is 10.5 Å². The smallest absolute Gasteiger partial charge is 0.274 e. The number of carbonyl (C=O) groups is 2. The number of hydrogen-bond acceptors (Lipinski definition) is 6. The monoisotopic (exact) mass is 417 g/mol. The Morgan fingerprint density at radius 3 is 2.29 bits per heavy atom. The summed E-state index contributed by atoms with van der Waals surface area (Å²) in [7, 11) is 0. The summed E-state index contributed by atoms with van der Waals surface area (Å²) in [6.45, 7) is 2.63. The number of anilines is 1. The van der Waals surface area contributed by atoms with E-state index >= 15 is 0 Å². The van der Waals surface area contributed by atoms with Gasteiger partial charge >= 0.3 is 0 Å². The first kappa shape index (κ1) is 20.5. The van der Waals surface area contributed by atoms with Gasteiger partial charge in [-0.05, 0) is 36.4 Å². The highest BCUT2D eigenvalue weighted by molar-refractivity contribution is 5.93. The van der Waals surface area contributed by atoms with Crippen LogP contribution in [0.15, 0.2) is 73.2 Å². The zero-order chi connectivity index (χ0) is 21.5. The Balaban J connectivity index is 1.23. The van der Waals surface area contributed by atoms with Gasteiger partial charge in [0.05, 0.1) is 12.7 Å². The minimum Gasteiger partial charge on any atom is -0.457 e.